The standard InChI is InChI=1S/C24H20ClF2N3O5S2.C17H14F3N3O4S2.C7H7ClO.CH4/c1-14-6-16(25)8-18(7-14)35-22-10-20(27)23(11-19(22)26)37(31,32)30(24-28-13-29-36-24)12-15-4-5-17(33-2)9-21(15)34-3;1-26-11-4-3-10(15(5-11)27-2)8-23(17-21-9-22-28-17)29(24,25)16-7-13(19)12(18)6-14(16)20;1-5-2-6(8)4-7(9)3-5;/h4-11,13H,12H2,1-3H3;3-7,9H,8H2,1-2H3;2-4,9H,1H3;1H4. The van der Waals surface area contributed by atoms with Gasteiger partial charge in [-0.3, -0.25) is 0 Å². The molecule has 8 rings (SSSR count). The number of anilines is 2. The van der Waals surface area contributed by atoms with Gasteiger partial charge in [0, 0.05) is 80.6 Å². The van der Waals surface area contributed by atoms with E-state index in [9.17, 15) is 30.0 Å². The van der Waals surface area contributed by atoms with Crippen molar-refractivity contribution in [2.24, 2.45) is 0 Å². The topological polar surface area (TPSA) is 193 Å². The number of phenolic OH excluding ortho intramolecular Hbond substituents is 1. The number of sulfonamides is 2. The first-order valence-electron chi connectivity index (χ1n) is 21.1. The molecule has 0 saturated heterocycles. The number of hydrogen-bond donors (Lipinski definition) is 1. The van der Waals surface area contributed by atoms with Crippen LogP contribution in [0.15, 0.2) is 120 Å². The van der Waals surface area contributed by atoms with Crippen LogP contribution in [-0.4, -0.2) is 69.1 Å². The number of nitrogens with zero attached hydrogens (tertiary/aromatic N) is 6. The van der Waals surface area contributed by atoms with Gasteiger partial charge in [0.25, 0.3) is 20.0 Å². The second kappa shape index (κ2) is 26.1. The molecule has 0 spiro atoms. The molecular formula is C49H45Cl2F5N6O10S4. The Morgan fingerprint density at radius 1 is 0.526 bits per heavy atom. The van der Waals surface area contributed by atoms with Crippen LogP contribution in [0.5, 0.6) is 40.2 Å². The second-order valence-corrected chi connectivity index (χ2v) is 21.3. The summed E-state index contributed by atoms with van der Waals surface area (Å²) in [6.07, 6.45) is 2.28. The fourth-order valence-corrected chi connectivity index (χ4v) is 11.6. The first-order chi connectivity index (χ1) is 35.6. The van der Waals surface area contributed by atoms with Crippen LogP contribution in [0.4, 0.5) is 32.2 Å². The number of aryl methyl sites for hydroxylation is 2. The van der Waals surface area contributed by atoms with Crippen molar-refractivity contribution in [1.29, 1.82) is 0 Å². The van der Waals surface area contributed by atoms with Crippen molar-refractivity contribution < 1.29 is 67.6 Å². The van der Waals surface area contributed by atoms with Gasteiger partial charge in [-0.25, -0.2) is 57.4 Å². The highest BCUT2D eigenvalue weighted by Gasteiger charge is 2.34. The van der Waals surface area contributed by atoms with Crippen LogP contribution < -0.4 is 32.3 Å². The Balaban J connectivity index is 0.000000243. The van der Waals surface area contributed by atoms with Crippen molar-refractivity contribution in [2.45, 2.75) is 44.2 Å². The summed E-state index contributed by atoms with van der Waals surface area (Å²) in [5.41, 5.74) is 2.54. The van der Waals surface area contributed by atoms with Crippen molar-refractivity contribution in [2.75, 3.05) is 37.0 Å². The van der Waals surface area contributed by atoms with Crippen molar-refractivity contribution in [3.05, 3.63) is 171 Å². The third-order valence-electron chi connectivity index (χ3n) is 10.1. The average Bonchev–Trinajstić information content (AvgIpc) is 4.10. The average molecular weight is 1170 g/mol. The Bertz CT molecular complexity index is 3450. The van der Waals surface area contributed by atoms with E-state index in [2.05, 4.69) is 18.7 Å². The van der Waals surface area contributed by atoms with Crippen LogP contribution >= 0.6 is 46.3 Å². The molecule has 6 aromatic carbocycles. The van der Waals surface area contributed by atoms with Gasteiger partial charge < -0.3 is 28.8 Å². The summed E-state index contributed by atoms with van der Waals surface area (Å²) in [6, 6.07) is 20.8. The fraction of sp³-hybridized carbons (Fsp3) is 0.184. The fourth-order valence-electron chi connectivity index (χ4n) is 6.67. The molecule has 76 heavy (non-hydrogen) atoms. The van der Waals surface area contributed by atoms with Crippen LogP contribution in [0.2, 0.25) is 10.0 Å². The van der Waals surface area contributed by atoms with Gasteiger partial charge in [-0.2, -0.15) is 8.75 Å². The van der Waals surface area contributed by atoms with Crippen LogP contribution in [0, 0.1) is 42.9 Å². The molecule has 0 aliphatic carbocycles. The SMILES string of the molecule is C.COc1ccc(CN(c2ncns2)S(=O)(=O)c2cc(F)c(F)cc2F)c(OC)c1.COc1ccc(CN(c2ncns2)S(=O)(=O)c2cc(F)c(Oc3cc(C)cc(Cl)c3)cc2F)c(OC)c1.Cc1cc(O)cc(Cl)c1. The van der Waals surface area contributed by atoms with Crippen LogP contribution in [0.25, 0.3) is 0 Å². The lowest BCUT2D eigenvalue weighted by Gasteiger charge is -2.23. The van der Waals surface area contributed by atoms with Crippen molar-refractivity contribution in [1.82, 2.24) is 18.7 Å². The molecule has 0 saturated carbocycles. The number of aromatic hydroxyl groups is 1. The van der Waals surface area contributed by atoms with Gasteiger partial charge in [-0.05, 0) is 85.6 Å². The summed E-state index contributed by atoms with van der Waals surface area (Å²) >= 11 is 13.1. The van der Waals surface area contributed by atoms with E-state index in [1.54, 1.807) is 67.6 Å². The predicted molar refractivity (Wildman–Crippen MR) is 279 cm³/mol. The lowest BCUT2D eigenvalue weighted by atomic mass is 10.2. The van der Waals surface area contributed by atoms with E-state index in [-0.39, 0.29) is 48.3 Å². The van der Waals surface area contributed by atoms with E-state index in [1.165, 1.54) is 40.6 Å². The largest absolute Gasteiger partial charge is 0.508 e. The summed E-state index contributed by atoms with van der Waals surface area (Å²) in [7, 11) is -3.58. The van der Waals surface area contributed by atoms with E-state index in [1.807, 2.05) is 6.92 Å². The first-order valence-corrected chi connectivity index (χ1v) is 26.3. The Kier molecular flexibility index (Phi) is 20.6. The molecular weight excluding hydrogens is 1130 g/mol. The normalized spacial score (nSPS) is 11.0. The quantitative estimate of drug-likeness (QED) is 0.0709. The highest BCUT2D eigenvalue weighted by molar-refractivity contribution is 7.93. The molecule has 0 atom stereocenters. The molecule has 8 aromatic rings. The predicted octanol–water partition coefficient (Wildman–Crippen LogP) is 12.3. The van der Waals surface area contributed by atoms with Crippen molar-refractivity contribution in [3.63, 3.8) is 0 Å². The summed E-state index contributed by atoms with van der Waals surface area (Å²) in [6.45, 7) is 3.01. The molecule has 0 bridgehead atoms. The highest BCUT2D eigenvalue weighted by Crippen LogP contribution is 2.37. The van der Waals surface area contributed by atoms with Gasteiger partial charge in [0.05, 0.1) is 41.5 Å². The Morgan fingerprint density at radius 2 is 0.974 bits per heavy atom. The number of methoxy groups -OCH3 is 4. The van der Waals surface area contributed by atoms with Gasteiger partial charge in [-0.1, -0.05) is 30.6 Å². The minimum atomic E-state index is -4.66. The molecule has 0 amide bonds. The van der Waals surface area contributed by atoms with E-state index in [0.717, 1.165) is 55.5 Å². The number of rotatable bonds is 16. The molecule has 2 aromatic heterocycles. The van der Waals surface area contributed by atoms with Crippen molar-refractivity contribution in [3.8, 4) is 40.2 Å². The lowest BCUT2D eigenvalue weighted by molar-refractivity contribution is 0.391. The maximum absolute atomic E-state index is 15.2. The zero-order valence-electron chi connectivity index (χ0n) is 39.9. The maximum Gasteiger partial charge on any atom is 0.269 e. The number of halogens is 7. The van der Waals surface area contributed by atoms with E-state index in [0.29, 0.717) is 62.4 Å². The van der Waals surface area contributed by atoms with Gasteiger partial charge in [-0.15, -0.1) is 0 Å². The molecule has 2 heterocycles. The number of aromatic nitrogens is 4. The monoisotopic (exact) mass is 1170 g/mol. The summed E-state index contributed by atoms with van der Waals surface area (Å²) < 4.78 is 160. The van der Waals surface area contributed by atoms with E-state index >= 15 is 8.78 Å². The zero-order chi connectivity index (χ0) is 54.8. The number of benzene rings is 6. The number of phenols is 1. The molecule has 0 aliphatic rings. The molecule has 0 aliphatic heterocycles. The molecule has 1 N–H and O–H groups in total. The van der Waals surface area contributed by atoms with E-state index < -0.39 is 64.7 Å². The smallest absolute Gasteiger partial charge is 0.269 e. The molecule has 16 nitrogen and oxygen atoms in total. The van der Waals surface area contributed by atoms with Crippen LogP contribution in [-0.2, 0) is 33.1 Å². The first kappa shape index (κ1) is 59.8. The van der Waals surface area contributed by atoms with Gasteiger partial charge >= 0.3 is 0 Å². The van der Waals surface area contributed by atoms with Crippen LogP contribution in [0.3, 0.4) is 0 Å². The summed E-state index contributed by atoms with van der Waals surface area (Å²) in [5, 5.41) is 9.69. The lowest BCUT2D eigenvalue weighted by Crippen LogP contribution is -2.31. The highest BCUT2D eigenvalue weighted by atomic mass is 35.5. The Morgan fingerprint density at radius 3 is 1.39 bits per heavy atom. The molecule has 0 unspecified atom stereocenters. The number of ether oxygens (including phenoxy) is 5. The number of hydrogen-bond acceptors (Lipinski definition) is 16. The van der Waals surface area contributed by atoms with E-state index in [4.69, 9.17) is 52.0 Å². The van der Waals surface area contributed by atoms with Crippen LogP contribution in [0.1, 0.15) is 29.7 Å². The second-order valence-electron chi connectivity index (χ2n) is 15.3. The maximum atomic E-state index is 15.2. The minimum Gasteiger partial charge on any atom is -0.508 e. The molecule has 0 radical (unpaired) electrons. The van der Waals surface area contributed by atoms with Gasteiger partial charge in [0.1, 0.15) is 68.6 Å². The van der Waals surface area contributed by atoms with Gasteiger partial charge in [0.15, 0.2) is 23.2 Å². The molecule has 0 fully saturated rings. The third kappa shape index (κ3) is 14.7. The summed E-state index contributed by atoms with van der Waals surface area (Å²) in [5.74, 6) is -5.24. The Labute approximate surface area is 452 Å². The zero-order valence-corrected chi connectivity index (χ0v) is 44.7. The molecule has 27 heteroatoms. The summed E-state index contributed by atoms with van der Waals surface area (Å²) in [4.78, 5) is 5.90. The van der Waals surface area contributed by atoms with Gasteiger partial charge in [0.2, 0.25) is 10.3 Å². The molecule has 404 valence electrons. The van der Waals surface area contributed by atoms with Crippen molar-refractivity contribution >= 4 is 76.6 Å². The third-order valence-corrected chi connectivity index (χ3v) is 15.7. The minimum absolute atomic E-state index is 0. The Hall–Kier alpha value is -7.03.